The van der Waals surface area contributed by atoms with Crippen molar-refractivity contribution in [3.05, 3.63) is 66.7 Å². The second-order valence-electron chi connectivity index (χ2n) is 8.56. The van der Waals surface area contributed by atoms with Gasteiger partial charge in [0.2, 0.25) is 0 Å². The highest BCUT2D eigenvalue weighted by Gasteiger charge is 2.16. The maximum atomic E-state index is 12.3. The summed E-state index contributed by atoms with van der Waals surface area (Å²) in [6, 6.07) is 22.6. The number of pyridine rings is 1. The molecule has 0 radical (unpaired) electrons. The Balaban J connectivity index is 1.57. The molecule has 0 spiro atoms. The smallest absolute Gasteiger partial charge is 0.133 e. The van der Waals surface area contributed by atoms with Crippen molar-refractivity contribution in [3.8, 4) is 0 Å². The van der Waals surface area contributed by atoms with E-state index in [1.807, 2.05) is 24.3 Å². The molecule has 0 bridgehead atoms. The van der Waals surface area contributed by atoms with Crippen LogP contribution in [-0.2, 0) is 4.57 Å². The molecule has 1 aliphatic heterocycles. The molecule has 158 valence electrons. The largest absolute Gasteiger partial charge is 0.340 e. The van der Waals surface area contributed by atoms with Gasteiger partial charge in [0, 0.05) is 35.5 Å². The van der Waals surface area contributed by atoms with Gasteiger partial charge < -0.3 is 15.3 Å². The quantitative estimate of drug-likeness (QED) is 0.309. The summed E-state index contributed by atoms with van der Waals surface area (Å²) in [5.41, 5.74) is 6.59. The van der Waals surface area contributed by atoms with Gasteiger partial charge in [-0.1, -0.05) is 30.3 Å². The Hall–Kier alpha value is -2.88. The van der Waals surface area contributed by atoms with E-state index in [-0.39, 0.29) is 0 Å². The lowest BCUT2D eigenvalue weighted by atomic mass is 10.0. The number of anilines is 3. The summed E-state index contributed by atoms with van der Waals surface area (Å²) in [5, 5.41) is 10.1. The number of hydrogen-bond donors (Lipinski definition) is 2. The number of rotatable bonds is 5. The molecule has 0 unspecified atom stereocenters. The lowest BCUT2D eigenvalue weighted by Gasteiger charge is -2.21. The maximum Gasteiger partial charge on any atom is 0.133 e. The van der Waals surface area contributed by atoms with Crippen LogP contribution in [0.25, 0.3) is 21.7 Å². The maximum absolute atomic E-state index is 12.3. The fourth-order valence-corrected chi connectivity index (χ4v) is 5.08. The Morgan fingerprint density at radius 2 is 1.68 bits per heavy atom. The summed E-state index contributed by atoms with van der Waals surface area (Å²) in [6.45, 7) is 5.68. The van der Waals surface area contributed by atoms with E-state index in [0.717, 1.165) is 46.5 Å². The van der Waals surface area contributed by atoms with E-state index in [4.69, 9.17) is 4.98 Å². The number of hydrazine groups is 1. The van der Waals surface area contributed by atoms with Crippen LogP contribution < -0.4 is 16.0 Å². The van der Waals surface area contributed by atoms with Crippen molar-refractivity contribution in [3.63, 3.8) is 0 Å². The third-order valence-corrected chi connectivity index (χ3v) is 7.39. The molecule has 1 saturated heterocycles. The van der Waals surface area contributed by atoms with Crippen LogP contribution in [0.3, 0.4) is 0 Å². The Morgan fingerprint density at radius 3 is 2.42 bits per heavy atom. The van der Waals surface area contributed by atoms with Crippen LogP contribution in [0.5, 0.6) is 0 Å². The van der Waals surface area contributed by atoms with Gasteiger partial charge in [-0.05, 0) is 67.3 Å². The van der Waals surface area contributed by atoms with Crippen molar-refractivity contribution in [1.82, 2.24) is 9.99 Å². The average Bonchev–Trinajstić information content (AvgIpc) is 3.26. The molecule has 4 aromatic rings. The molecule has 31 heavy (non-hydrogen) atoms. The Labute approximate surface area is 182 Å². The molecular weight excluding hydrogens is 403 g/mol. The van der Waals surface area contributed by atoms with E-state index in [2.05, 4.69) is 58.2 Å². The normalized spacial score (nSPS) is 14.9. The van der Waals surface area contributed by atoms with Crippen molar-refractivity contribution in [2.45, 2.75) is 12.8 Å². The summed E-state index contributed by atoms with van der Waals surface area (Å²) in [4.78, 5) is 4.90. The van der Waals surface area contributed by atoms with Crippen LogP contribution in [0.1, 0.15) is 12.8 Å². The first-order valence-corrected chi connectivity index (χ1v) is 13.3. The van der Waals surface area contributed by atoms with Crippen molar-refractivity contribution in [1.29, 1.82) is 0 Å². The van der Waals surface area contributed by atoms with Gasteiger partial charge in [-0.15, -0.1) is 0 Å². The van der Waals surface area contributed by atoms with Gasteiger partial charge in [-0.25, -0.2) is 9.99 Å². The van der Waals surface area contributed by atoms with Crippen LogP contribution in [0.2, 0.25) is 0 Å². The van der Waals surface area contributed by atoms with Gasteiger partial charge in [-0.2, -0.15) is 0 Å². The molecule has 0 atom stereocenters. The van der Waals surface area contributed by atoms with E-state index in [1.54, 1.807) is 13.3 Å². The minimum Gasteiger partial charge on any atom is -0.340 e. The van der Waals surface area contributed by atoms with E-state index in [1.165, 1.54) is 23.6 Å². The zero-order valence-electron chi connectivity index (χ0n) is 17.9. The van der Waals surface area contributed by atoms with Gasteiger partial charge in [0.1, 0.15) is 13.0 Å². The first kappa shape index (κ1) is 20.0. The second kappa shape index (κ2) is 7.99. The van der Waals surface area contributed by atoms with Crippen LogP contribution >= 0.6 is 7.14 Å². The third-order valence-electron chi connectivity index (χ3n) is 5.84. The number of benzene rings is 3. The summed E-state index contributed by atoms with van der Waals surface area (Å²) in [6.07, 6.45) is 2.43. The van der Waals surface area contributed by atoms with Gasteiger partial charge in [0.25, 0.3) is 0 Å². The molecule has 3 aromatic carbocycles. The van der Waals surface area contributed by atoms with E-state index >= 15 is 0 Å². The summed E-state index contributed by atoms with van der Waals surface area (Å²) >= 11 is 0. The number of hydrogen-bond acceptors (Lipinski definition) is 5. The fraction of sp³-hybridized carbons (Fsp3) is 0.240. The number of nitrogens with zero attached hydrogens (tertiary/aromatic N) is 2. The van der Waals surface area contributed by atoms with E-state index < -0.39 is 7.14 Å². The summed E-state index contributed by atoms with van der Waals surface area (Å²) in [7, 11) is -2.26. The highest BCUT2D eigenvalue weighted by Crippen LogP contribution is 2.36. The number of aromatic nitrogens is 1. The molecule has 1 fully saturated rings. The molecule has 0 aliphatic carbocycles. The predicted molar refractivity (Wildman–Crippen MR) is 132 cm³/mol. The summed E-state index contributed by atoms with van der Waals surface area (Å²) in [5.74, 6) is 0.786. The second-order valence-corrected chi connectivity index (χ2v) is 11.8. The van der Waals surface area contributed by atoms with Crippen LogP contribution in [-0.4, -0.2) is 36.4 Å². The lowest BCUT2D eigenvalue weighted by molar-refractivity contribution is 0.411. The molecule has 0 saturated carbocycles. The topological polar surface area (TPSA) is 57.3 Å². The molecule has 6 heteroatoms. The highest BCUT2D eigenvalue weighted by atomic mass is 31.2. The van der Waals surface area contributed by atoms with Crippen LogP contribution in [0.4, 0.5) is 17.2 Å². The van der Waals surface area contributed by atoms with Gasteiger partial charge in [0.15, 0.2) is 0 Å². The third kappa shape index (κ3) is 4.16. The minimum atomic E-state index is -2.26. The molecule has 5 rings (SSSR count). The molecule has 0 amide bonds. The van der Waals surface area contributed by atoms with Crippen LogP contribution in [0.15, 0.2) is 66.7 Å². The molecule has 1 aliphatic rings. The first-order chi connectivity index (χ1) is 15.0. The first-order valence-electron chi connectivity index (χ1n) is 10.7. The van der Waals surface area contributed by atoms with Gasteiger partial charge in [0.05, 0.1) is 11.2 Å². The SMILES string of the molecule is CP(C)(=O)c1ccc(Nc2cc(NN3CCCC3)c3c(ccc4ccccc43)n2)cc1. The number of fused-ring (bicyclic) bond motifs is 3. The van der Waals surface area contributed by atoms with Crippen molar-refractivity contribution >= 4 is 51.3 Å². The Morgan fingerprint density at radius 1 is 0.935 bits per heavy atom. The molecular formula is C25H27N4OP. The van der Waals surface area contributed by atoms with Crippen molar-refractivity contribution in [2.24, 2.45) is 0 Å². The Kier molecular flexibility index (Phi) is 5.17. The van der Waals surface area contributed by atoms with Gasteiger partial charge in [-0.3, -0.25) is 0 Å². The monoisotopic (exact) mass is 430 g/mol. The average molecular weight is 430 g/mol. The van der Waals surface area contributed by atoms with Gasteiger partial charge >= 0.3 is 0 Å². The minimum absolute atomic E-state index is 0.786. The summed E-state index contributed by atoms with van der Waals surface area (Å²) < 4.78 is 12.3. The number of nitrogens with one attached hydrogen (secondary N) is 2. The molecule has 5 nitrogen and oxygen atoms in total. The van der Waals surface area contributed by atoms with E-state index in [9.17, 15) is 4.57 Å². The van der Waals surface area contributed by atoms with Crippen LogP contribution in [0, 0.1) is 0 Å². The predicted octanol–water partition coefficient (Wildman–Crippen LogP) is 5.80. The molecule has 2 heterocycles. The fourth-order valence-electron chi connectivity index (χ4n) is 4.21. The zero-order chi connectivity index (χ0) is 21.4. The molecule has 2 N–H and O–H groups in total. The van der Waals surface area contributed by atoms with Crippen molar-refractivity contribution < 1.29 is 4.57 Å². The lowest BCUT2D eigenvalue weighted by Crippen LogP contribution is -2.26. The van der Waals surface area contributed by atoms with E-state index in [0.29, 0.717) is 0 Å². The zero-order valence-corrected chi connectivity index (χ0v) is 18.8. The standard InChI is InChI=1S/C25H27N4OP/c1-31(2,30)20-12-10-19(11-13-20)26-24-17-23(28-29-15-5-6-16-29)25-21-8-4-3-7-18(21)9-14-22(25)27-24/h3-4,7-14,17H,5-6,15-16H2,1-2H3,(H2,26,27,28). The highest BCUT2D eigenvalue weighted by molar-refractivity contribution is 7.70. The molecule has 1 aromatic heterocycles. The van der Waals surface area contributed by atoms with Crippen molar-refractivity contribution in [2.75, 3.05) is 37.2 Å². The Bertz CT molecular complexity index is 1290.